The molecule has 1 aliphatic heterocycles. The second-order valence-corrected chi connectivity index (χ2v) is 3.01. The second-order valence-electron chi connectivity index (χ2n) is 3.01. The van der Waals surface area contributed by atoms with Crippen LogP contribution in [0.2, 0.25) is 0 Å². The normalized spacial score (nSPS) is 16.9. The van der Waals surface area contributed by atoms with Crippen molar-refractivity contribution in [2.75, 3.05) is 13.2 Å². The maximum atomic E-state index is 13.6. The largest absolute Gasteiger partial charge is 0.346 e. The number of halogens is 1. The van der Waals surface area contributed by atoms with E-state index in [9.17, 15) is 14.5 Å². The fourth-order valence-corrected chi connectivity index (χ4v) is 1.40. The number of nitro groups is 1. The predicted octanol–water partition coefficient (Wildman–Crippen LogP) is 1.78. The zero-order valence-corrected chi connectivity index (χ0v) is 7.68. The lowest BCUT2D eigenvalue weighted by atomic mass is 10.2. The van der Waals surface area contributed by atoms with Crippen LogP contribution in [0.5, 0.6) is 0 Å². The molecule has 1 aromatic rings. The Hall–Kier alpha value is -1.53. The van der Waals surface area contributed by atoms with Gasteiger partial charge in [-0.1, -0.05) is 12.1 Å². The van der Waals surface area contributed by atoms with E-state index >= 15 is 0 Å². The third-order valence-electron chi connectivity index (χ3n) is 2.08. The summed E-state index contributed by atoms with van der Waals surface area (Å²) >= 11 is 0. The highest BCUT2D eigenvalue weighted by Crippen LogP contribution is 2.29. The number of nitrogens with zero attached hydrogens (tertiary/aromatic N) is 1. The topological polar surface area (TPSA) is 61.6 Å². The standard InChI is InChI=1S/C9H8FNO4/c10-8-6(9-14-4-5-15-9)2-1-3-7(8)11(12)13/h1-3,9H,4-5H2. The molecule has 1 heterocycles. The maximum absolute atomic E-state index is 13.6. The van der Waals surface area contributed by atoms with Crippen LogP contribution in [0.3, 0.4) is 0 Å². The van der Waals surface area contributed by atoms with Crippen molar-refractivity contribution in [1.82, 2.24) is 0 Å². The first kappa shape index (κ1) is 10.0. The predicted molar refractivity (Wildman–Crippen MR) is 47.7 cm³/mol. The Morgan fingerprint density at radius 1 is 1.40 bits per heavy atom. The van der Waals surface area contributed by atoms with Crippen LogP contribution in [0.1, 0.15) is 11.9 Å². The van der Waals surface area contributed by atoms with E-state index in [-0.39, 0.29) is 5.56 Å². The number of hydrogen-bond acceptors (Lipinski definition) is 4. The van der Waals surface area contributed by atoms with E-state index < -0.39 is 22.7 Å². The van der Waals surface area contributed by atoms with Gasteiger partial charge in [0.1, 0.15) is 0 Å². The number of rotatable bonds is 2. The number of hydrogen-bond donors (Lipinski definition) is 0. The first-order valence-corrected chi connectivity index (χ1v) is 4.36. The lowest BCUT2D eigenvalue weighted by Gasteiger charge is -2.09. The molecule has 1 saturated heterocycles. The molecule has 5 nitrogen and oxygen atoms in total. The van der Waals surface area contributed by atoms with Crippen LogP contribution in [-0.4, -0.2) is 18.1 Å². The van der Waals surface area contributed by atoms with Gasteiger partial charge in [0.25, 0.3) is 0 Å². The van der Waals surface area contributed by atoms with E-state index in [1.807, 2.05) is 0 Å². The van der Waals surface area contributed by atoms with Crippen LogP contribution in [0.4, 0.5) is 10.1 Å². The van der Waals surface area contributed by atoms with Gasteiger partial charge in [-0.15, -0.1) is 0 Å². The van der Waals surface area contributed by atoms with Crippen LogP contribution in [0.25, 0.3) is 0 Å². The van der Waals surface area contributed by atoms with E-state index in [1.165, 1.54) is 12.1 Å². The molecule has 15 heavy (non-hydrogen) atoms. The minimum Gasteiger partial charge on any atom is -0.346 e. The fourth-order valence-electron chi connectivity index (χ4n) is 1.40. The fraction of sp³-hybridized carbons (Fsp3) is 0.333. The average Bonchev–Trinajstić information content (AvgIpc) is 2.70. The minimum absolute atomic E-state index is 0.0710. The van der Waals surface area contributed by atoms with Crippen LogP contribution in [0.15, 0.2) is 18.2 Å². The van der Waals surface area contributed by atoms with Crippen molar-refractivity contribution < 1.29 is 18.8 Å². The van der Waals surface area contributed by atoms with Gasteiger partial charge in [0.2, 0.25) is 5.82 Å². The van der Waals surface area contributed by atoms with Gasteiger partial charge in [-0.3, -0.25) is 10.1 Å². The molecule has 0 radical (unpaired) electrons. The molecule has 0 atom stereocenters. The summed E-state index contributed by atoms with van der Waals surface area (Å²) in [5, 5.41) is 10.5. The van der Waals surface area contributed by atoms with E-state index in [0.29, 0.717) is 13.2 Å². The van der Waals surface area contributed by atoms with E-state index in [1.54, 1.807) is 0 Å². The quantitative estimate of drug-likeness (QED) is 0.555. The van der Waals surface area contributed by atoms with Gasteiger partial charge >= 0.3 is 5.69 Å². The van der Waals surface area contributed by atoms with Crippen molar-refractivity contribution in [2.24, 2.45) is 0 Å². The van der Waals surface area contributed by atoms with Crippen LogP contribution >= 0.6 is 0 Å². The molecular formula is C9H8FNO4. The lowest BCUT2D eigenvalue weighted by Crippen LogP contribution is -2.04. The van der Waals surface area contributed by atoms with Crippen molar-refractivity contribution in [2.45, 2.75) is 6.29 Å². The van der Waals surface area contributed by atoms with Crippen LogP contribution in [0, 0.1) is 15.9 Å². The van der Waals surface area contributed by atoms with Crippen LogP contribution in [-0.2, 0) is 9.47 Å². The SMILES string of the molecule is O=[N+]([O-])c1cccc(C2OCCO2)c1F. The third kappa shape index (κ3) is 1.81. The first-order valence-electron chi connectivity index (χ1n) is 4.36. The second kappa shape index (κ2) is 3.92. The molecule has 0 spiro atoms. The number of ether oxygens (including phenoxy) is 2. The van der Waals surface area contributed by atoms with Gasteiger partial charge in [-0.2, -0.15) is 4.39 Å². The molecule has 0 unspecified atom stereocenters. The molecule has 80 valence electrons. The van der Waals surface area contributed by atoms with Crippen molar-refractivity contribution in [3.63, 3.8) is 0 Å². The Balaban J connectivity index is 2.39. The van der Waals surface area contributed by atoms with Gasteiger partial charge in [0.15, 0.2) is 6.29 Å². The molecule has 0 aromatic heterocycles. The Labute approximate surface area is 84.6 Å². The van der Waals surface area contributed by atoms with Crippen molar-refractivity contribution in [3.8, 4) is 0 Å². The Kier molecular flexibility index (Phi) is 2.61. The van der Waals surface area contributed by atoms with Crippen molar-refractivity contribution in [1.29, 1.82) is 0 Å². The van der Waals surface area contributed by atoms with E-state index in [2.05, 4.69) is 0 Å². The molecule has 0 bridgehead atoms. The average molecular weight is 213 g/mol. The molecule has 0 amide bonds. The molecule has 0 aliphatic carbocycles. The number of benzene rings is 1. The smallest absolute Gasteiger partial charge is 0.305 e. The Bertz CT molecular complexity index is 390. The van der Waals surface area contributed by atoms with Crippen LogP contribution < -0.4 is 0 Å². The highest BCUT2D eigenvalue weighted by molar-refractivity contribution is 5.37. The summed E-state index contributed by atoms with van der Waals surface area (Å²) in [6.45, 7) is 0.736. The summed E-state index contributed by atoms with van der Waals surface area (Å²) in [6, 6.07) is 3.92. The molecule has 1 fully saturated rings. The zero-order chi connectivity index (χ0) is 10.8. The van der Waals surface area contributed by atoms with E-state index in [0.717, 1.165) is 6.07 Å². The first-order chi connectivity index (χ1) is 7.20. The molecule has 1 aromatic carbocycles. The summed E-state index contributed by atoms with van der Waals surface area (Å²) in [4.78, 5) is 9.70. The molecule has 0 N–H and O–H groups in total. The van der Waals surface area contributed by atoms with Gasteiger partial charge in [0.05, 0.1) is 23.7 Å². The Morgan fingerprint density at radius 3 is 2.67 bits per heavy atom. The van der Waals surface area contributed by atoms with Crippen molar-refractivity contribution >= 4 is 5.69 Å². The summed E-state index contributed by atoms with van der Waals surface area (Å²) in [5.74, 6) is -0.894. The lowest BCUT2D eigenvalue weighted by molar-refractivity contribution is -0.387. The summed E-state index contributed by atoms with van der Waals surface area (Å²) in [5.41, 5.74) is -0.492. The molecular weight excluding hydrogens is 205 g/mol. The molecule has 1 aliphatic rings. The summed E-state index contributed by atoms with van der Waals surface area (Å²) < 4.78 is 23.7. The van der Waals surface area contributed by atoms with Gasteiger partial charge in [-0.25, -0.2) is 0 Å². The summed E-state index contributed by atoms with van der Waals surface area (Å²) in [7, 11) is 0. The number of nitro benzene ring substituents is 1. The Morgan fingerprint density at radius 2 is 2.07 bits per heavy atom. The maximum Gasteiger partial charge on any atom is 0.305 e. The molecule has 0 saturated carbocycles. The van der Waals surface area contributed by atoms with Crippen molar-refractivity contribution in [3.05, 3.63) is 39.7 Å². The monoisotopic (exact) mass is 213 g/mol. The highest BCUT2D eigenvalue weighted by Gasteiger charge is 2.26. The highest BCUT2D eigenvalue weighted by atomic mass is 19.1. The summed E-state index contributed by atoms with van der Waals surface area (Å²) in [6.07, 6.45) is -0.829. The van der Waals surface area contributed by atoms with Gasteiger partial charge in [-0.05, 0) is 0 Å². The van der Waals surface area contributed by atoms with Gasteiger partial charge in [0, 0.05) is 6.07 Å². The molecule has 2 rings (SSSR count). The minimum atomic E-state index is -0.894. The van der Waals surface area contributed by atoms with E-state index in [4.69, 9.17) is 9.47 Å². The van der Waals surface area contributed by atoms with Gasteiger partial charge < -0.3 is 9.47 Å². The zero-order valence-electron chi connectivity index (χ0n) is 7.68. The third-order valence-corrected chi connectivity index (χ3v) is 2.08. The molecule has 6 heteroatoms.